The van der Waals surface area contributed by atoms with Crippen molar-refractivity contribution in [1.82, 2.24) is 4.98 Å². The number of hydrogen-bond acceptors (Lipinski definition) is 6. The van der Waals surface area contributed by atoms with Crippen LogP contribution in [0.1, 0.15) is 30.0 Å². The fourth-order valence-electron chi connectivity index (χ4n) is 2.90. The van der Waals surface area contributed by atoms with E-state index in [2.05, 4.69) is 10.3 Å². The highest BCUT2D eigenvalue weighted by Gasteiger charge is 2.13. The maximum Gasteiger partial charge on any atom is 0.338 e. The number of halogens is 1. The molecule has 1 amide bonds. The number of ether oxygens (including phenoxy) is 1. The van der Waals surface area contributed by atoms with Crippen LogP contribution in [0.15, 0.2) is 65.1 Å². The Morgan fingerprint density at radius 2 is 1.91 bits per heavy atom. The number of rotatable bonds is 6. The van der Waals surface area contributed by atoms with Crippen LogP contribution < -0.4 is 5.32 Å². The Morgan fingerprint density at radius 3 is 2.66 bits per heavy atom. The Morgan fingerprint density at radius 1 is 1.12 bits per heavy atom. The molecule has 0 fully saturated rings. The maximum atomic E-state index is 13.1. The molecule has 162 valence electrons. The van der Waals surface area contributed by atoms with Crippen molar-refractivity contribution in [3.05, 3.63) is 77.8 Å². The van der Waals surface area contributed by atoms with Crippen LogP contribution in [0.4, 0.5) is 9.52 Å². The number of amides is 1. The largest absolute Gasteiger partial charge is 0.459 e. The van der Waals surface area contributed by atoms with Gasteiger partial charge in [-0.3, -0.25) is 10.1 Å². The molecule has 8 heteroatoms. The first-order valence-corrected chi connectivity index (χ1v) is 10.7. The summed E-state index contributed by atoms with van der Waals surface area (Å²) in [6, 6.07) is 14.5. The molecule has 6 nitrogen and oxygen atoms in total. The van der Waals surface area contributed by atoms with Gasteiger partial charge in [0.05, 0.1) is 21.9 Å². The molecule has 0 aliphatic carbocycles. The van der Waals surface area contributed by atoms with Gasteiger partial charge in [-0.15, -0.1) is 0 Å². The third-order valence-electron chi connectivity index (χ3n) is 4.35. The summed E-state index contributed by atoms with van der Waals surface area (Å²) in [4.78, 5) is 28.7. The number of anilines is 1. The third-order valence-corrected chi connectivity index (χ3v) is 5.29. The molecule has 0 aliphatic rings. The number of fused-ring (bicyclic) bond motifs is 1. The second-order valence-electron chi connectivity index (χ2n) is 7.19. The zero-order valence-electron chi connectivity index (χ0n) is 17.3. The van der Waals surface area contributed by atoms with Crippen LogP contribution in [0.5, 0.6) is 0 Å². The van der Waals surface area contributed by atoms with E-state index in [9.17, 15) is 14.0 Å². The molecular weight excluding hydrogens is 431 g/mol. The summed E-state index contributed by atoms with van der Waals surface area (Å²) in [6.45, 7) is 3.58. The van der Waals surface area contributed by atoms with E-state index < -0.39 is 5.97 Å². The van der Waals surface area contributed by atoms with Crippen LogP contribution in [0.3, 0.4) is 0 Å². The average molecular weight is 450 g/mol. The second-order valence-corrected chi connectivity index (χ2v) is 8.22. The van der Waals surface area contributed by atoms with Crippen molar-refractivity contribution in [3.63, 3.8) is 0 Å². The average Bonchev–Trinajstić information content (AvgIpc) is 3.38. The highest BCUT2D eigenvalue weighted by atomic mass is 32.1. The molecule has 4 rings (SSSR count). The van der Waals surface area contributed by atoms with Gasteiger partial charge in [0.2, 0.25) is 5.91 Å². The van der Waals surface area contributed by atoms with Crippen molar-refractivity contribution in [2.75, 3.05) is 5.32 Å². The lowest BCUT2D eigenvalue weighted by molar-refractivity contribution is -0.111. The van der Waals surface area contributed by atoms with Gasteiger partial charge >= 0.3 is 5.97 Å². The SMILES string of the molecule is CC(C)OC(=O)c1ccc2nc(NC(=O)/C=C/c3ccc(-c4ccc(F)cc4)o3)sc2c1. The van der Waals surface area contributed by atoms with Crippen molar-refractivity contribution < 1.29 is 23.1 Å². The monoisotopic (exact) mass is 450 g/mol. The molecule has 0 atom stereocenters. The predicted octanol–water partition coefficient (Wildman–Crippen LogP) is 5.91. The zero-order chi connectivity index (χ0) is 22.7. The number of aromatic nitrogens is 1. The Kier molecular flexibility index (Phi) is 6.13. The number of nitrogens with one attached hydrogen (secondary N) is 1. The first kappa shape index (κ1) is 21.5. The number of nitrogens with zero attached hydrogens (tertiary/aromatic N) is 1. The number of hydrogen-bond donors (Lipinski definition) is 1. The molecule has 1 N–H and O–H groups in total. The van der Waals surface area contributed by atoms with Crippen LogP contribution in [0.2, 0.25) is 0 Å². The van der Waals surface area contributed by atoms with Crippen LogP contribution >= 0.6 is 11.3 Å². The van der Waals surface area contributed by atoms with E-state index in [0.717, 1.165) is 10.3 Å². The summed E-state index contributed by atoms with van der Waals surface area (Å²) in [5, 5.41) is 3.12. The lowest BCUT2D eigenvalue weighted by Crippen LogP contribution is -2.11. The van der Waals surface area contributed by atoms with Gasteiger partial charge in [-0.1, -0.05) is 11.3 Å². The summed E-state index contributed by atoms with van der Waals surface area (Å²) in [6.07, 6.45) is 2.67. The predicted molar refractivity (Wildman–Crippen MR) is 122 cm³/mol. The molecule has 4 aromatic rings. The Bertz CT molecular complexity index is 1310. The number of carbonyl (C=O) groups is 2. The Hall–Kier alpha value is -3.78. The van der Waals surface area contributed by atoms with Crippen LogP contribution in [-0.4, -0.2) is 23.0 Å². The number of benzene rings is 2. The number of furan rings is 1. The smallest absolute Gasteiger partial charge is 0.338 e. The van der Waals surface area contributed by atoms with Crippen molar-refractivity contribution in [2.45, 2.75) is 20.0 Å². The highest BCUT2D eigenvalue weighted by molar-refractivity contribution is 7.22. The molecule has 0 aliphatic heterocycles. The minimum Gasteiger partial charge on any atom is -0.459 e. The van der Waals surface area contributed by atoms with E-state index in [4.69, 9.17) is 9.15 Å². The topological polar surface area (TPSA) is 81.4 Å². The van der Waals surface area contributed by atoms with E-state index in [1.165, 1.54) is 35.6 Å². The summed E-state index contributed by atoms with van der Waals surface area (Å²) < 4.78 is 24.7. The number of thiazole rings is 1. The second kappa shape index (κ2) is 9.15. The van der Waals surface area contributed by atoms with Crippen LogP contribution in [-0.2, 0) is 9.53 Å². The van der Waals surface area contributed by atoms with Gasteiger partial charge in [0, 0.05) is 11.6 Å². The molecule has 2 heterocycles. The molecule has 2 aromatic carbocycles. The molecule has 0 unspecified atom stereocenters. The Labute approximate surface area is 187 Å². The van der Waals surface area contributed by atoms with Gasteiger partial charge < -0.3 is 9.15 Å². The normalized spacial score (nSPS) is 11.4. The first-order chi connectivity index (χ1) is 15.4. The molecule has 0 saturated heterocycles. The lowest BCUT2D eigenvalue weighted by Gasteiger charge is -2.07. The third kappa shape index (κ3) is 5.09. The van der Waals surface area contributed by atoms with Gasteiger partial charge in [-0.25, -0.2) is 14.2 Å². The van der Waals surface area contributed by atoms with Gasteiger partial charge in [0.25, 0.3) is 0 Å². The molecule has 32 heavy (non-hydrogen) atoms. The van der Waals surface area contributed by atoms with Crippen LogP contribution in [0.25, 0.3) is 27.6 Å². The van der Waals surface area contributed by atoms with Gasteiger partial charge in [0.15, 0.2) is 5.13 Å². The van der Waals surface area contributed by atoms with Gasteiger partial charge in [0.1, 0.15) is 17.3 Å². The van der Waals surface area contributed by atoms with E-state index >= 15 is 0 Å². The Balaban J connectivity index is 1.42. The maximum absolute atomic E-state index is 13.1. The minimum absolute atomic E-state index is 0.206. The van der Waals surface area contributed by atoms with Crippen molar-refractivity contribution in [3.8, 4) is 11.3 Å². The molecule has 2 aromatic heterocycles. The van der Waals surface area contributed by atoms with E-state index in [0.29, 0.717) is 27.7 Å². The number of esters is 1. The van der Waals surface area contributed by atoms with E-state index in [1.807, 2.05) is 0 Å². The van der Waals surface area contributed by atoms with Crippen molar-refractivity contribution in [1.29, 1.82) is 0 Å². The zero-order valence-corrected chi connectivity index (χ0v) is 18.1. The quantitative estimate of drug-likeness (QED) is 0.292. The van der Waals surface area contributed by atoms with Crippen molar-refractivity contribution >= 4 is 44.6 Å². The molecular formula is C24H19FN2O4S. The van der Waals surface area contributed by atoms with Gasteiger partial charge in [-0.05, 0) is 74.5 Å². The fourth-order valence-corrected chi connectivity index (χ4v) is 3.81. The lowest BCUT2D eigenvalue weighted by atomic mass is 10.2. The first-order valence-electron chi connectivity index (χ1n) is 9.84. The highest BCUT2D eigenvalue weighted by Crippen LogP contribution is 2.27. The summed E-state index contributed by atoms with van der Waals surface area (Å²) >= 11 is 1.26. The fraction of sp³-hybridized carbons (Fsp3) is 0.125. The molecule has 0 saturated carbocycles. The molecule has 0 spiro atoms. The van der Waals surface area contributed by atoms with Crippen LogP contribution in [0, 0.1) is 5.82 Å². The molecule has 0 bridgehead atoms. The minimum atomic E-state index is -0.401. The summed E-state index contributed by atoms with van der Waals surface area (Å²) in [5.74, 6) is -0.0377. The number of carbonyl (C=O) groups excluding carboxylic acids is 2. The summed E-state index contributed by atoms with van der Waals surface area (Å²) in [5.41, 5.74) is 1.84. The van der Waals surface area contributed by atoms with Gasteiger partial charge in [-0.2, -0.15) is 0 Å². The standard InChI is InChI=1S/C24H19FN2O4S/c1-14(2)30-23(29)16-5-10-19-21(13-16)32-24(26-19)27-22(28)12-9-18-8-11-20(31-18)15-3-6-17(25)7-4-15/h3-14H,1-2H3,(H,26,27,28)/b12-9+. The van der Waals surface area contributed by atoms with Crippen molar-refractivity contribution in [2.24, 2.45) is 0 Å². The summed E-state index contributed by atoms with van der Waals surface area (Å²) in [7, 11) is 0. The molecule has 0 radical (unpaired) electrons. The van der Waals surface area contributed by atoms with E-state index in [1.54, 1.807) is 56.3 Å². The van der Waals surface area contributed by atoms with E-state index in [-0.39, 0.29) is 17.8 Å².